The lowest BCUT2D eigenvalue weighted by Crippen LogP contribution is -2.35. The van der Waals surface area contributed by atoms with Crippen LogP contribution in [0.2, 0.25) is 0 Å². The Balaban J connectivity index is 1.20. The van der Waals surface area contributed by atoms with Crippen LogP contribution in [0.3, 0.4) is 0 Å². The SMILES string of the molecule is COC(=O)[C@@H](NCC1CCC(CNCc2ccc3cc(C(=O)NO)sc3c2)CC1)c1ccccc1. The van der Waals surface area contributed by atoms with Gasteiger partial charge in [-0.1, -0.05) is 42.5 Å². The molecular formula is C27H33N3O4S. The summed E-state index contributed by atoms with van der Waals surface area (Å²) in [4.78, 5) is 24.4. The number of methoxy groups -OCH3 is 1. The van der Waals surface area contributed by atoms with Gasteiger partial charge in [-0.15, -0.1) is 11.3 Å². The van der Waals surface area contributed by atoms with Crippen LogP contribution in [-0.4, -0.2) is 37.3 Å². The third-order valence-electron chi connectivity index (χ3n) is 6.82. The van der Waals surface area contributed by atoms with Gasteiger partial charge in [0.05, 0.1) is 12.0 Å². The fourth-order valence-electron chi connectivity index (χ4n) is 4.80. The predicted molar refractivity (Wildman–Crippen MR) is 137 cm³/mol. The van der Waals surface area contributed by atoms with Gasteiger partial charge in [-0.2, -0.15) is 0 Å². The lowest BCUT2D eigenvalue weighted by Gasteiger charge is -2.30. The van der Waals surface area contributed by atoms with Crippen molar-refractivity contribution in [2.45, 2.75) is 38.3 Å². The molecule has 0 spiro atoms. The third kappa shape index (κ3) is 6.67. The molecule has 1 amide bonds. The Morgan fingerprint density at radius 1 is 1.03 bits per heavy atom. The van der Waals surface area contributed by atoms with E-state index in [1.165, 1.54) is 36.9 Å². The fourth-order valence-corrected chi connectivity index (χ4v) is 5.81. The predicted octanol–water partition coefficient (Wildman–Crippen LogP) is 4.42. The van der Waals surface area contributed by atoms with Gasteiger partial charge < -0.3 is 15.4 Å². The number of benzene rings is 2. The molecule has 1 atom stereocenters. The molecule has 4 rings (SSSR count). The Kier molecular flexibility index (Phi) is 8.87. The number of carbonyl (C=O) groups is 2. The molecule has 3 aromatic rings. The summed E-state index contributed by atoms with van der Waals surface area (Å²) in [5.41, 5.74) is 3.81. The van der Waals surface area contributed by atoms with Gasteiger partial charge in [0.15, 0.2) is 0 Å². The maximum Gasteiger partial charge on any atom is 0.327 e. The molecule has 1 aliphatic rings. The van der Waals surface area contributed by atoms with Crippen LogP contribution in [0.1, 0.15) is 52.5 Å². The molecule has 1 aliphatic carbocycles. The van der Waals surface area contributed by atoms with Crippen molar-refractivity contribution in [2.24, 2.45) is 11.8 Å². The van der Waals surface area contributed by atoms with Gasteiger partial charge in [-0.3, -0.25) is 10.0 Å². The van der Waals surface area contributed by atoms with E-state index in [1.807, 2.05) is 36.4 Å². The van der Waals surface area contributed by atoms with Crippen molar-refractivity contribution in [1.82, 2.24) is 16.1 Å². The van der Waals surface area contributed by atoms with Crippen molar-refractivity contribution >= 4 is 33.3 Å². The second-order valence-corrected chi connectivity index (χ2v) is 10.3. The summed E-state index contributed by atoms with van der Waals surface area (Å²) in [7, 11) is 1.43. The summed E-state index contributed by atoms with van der Waals surface area (Å²) in [6.45, 7) is 2.58. The summed E-state index contributed by atoms with van der Waals surface area (Å²) in [5, 5.41) is 16.9. The average molecular weight is 496 g/mol. The van der Waals surface area contributed by atoms with Crippen LogP contribution < -0.4 is 16.1 Å². The monoisotopic (exact) mass is 495 g/mol. The number of rotatable bonds is 10. The van der Waals surface area contributed by atoms with Gasteiger partial charge >= 0.3 is 5.97 Å². The summed E-state index contributed by atoms with van der Waals surface area (Å²) < 4.78 is 6.05. The normalized spacial score (nSPS) is 18.8. The van der Waals surface area contributed by atoms with Crippen molar-refractivity contribution in [3.05, 3.63) is 70.6 Å². The third-order valence-corrected chi connectivity index (χ3v) is 7.92. The molecule has 1 heterocycles. The first kappa shape index (κ1) is 25.3. The molecule has 7 nitrogen and oxygen atoms in total. The molecule has 1 saturated carbocycles. The minimum Gasteiger partial charge on any atom is -0.468 e. The number of carbonyl (C=O) groups excluding carboxylic acids is 2. The summed E-state index contributed by atoms with van der Waals surface area (Å²) in [6.07, 6.45) is 4.66. The Bertz CT molecular complexity index is 1130. The topological polar surface area (TPSA) is 99.7 Å². The van der Waals surface area contributed by atoms with Crippen LogP contribution in [0.15, 0.2) is 54.6 Å². The molecule has 0 unspecified atom stereocenters. The van der Waals surface area contributed by atoms with Crippen molar-refractivity contribution in [2.75, 3.05) is 20.2 Å². The number of hydroxylamine groups is 1. The maximum absolute atomic E-state index is 12.3. The average Bonchev–Trinajstić information content (AvgIpc) is 3.33. The molecule has 1 aromatic heterocycles. The highest BCUT2D eigenvalue weighted by Crippen LogP contribution is 2.29. The van der Waals surface area contributed by atoms with Crippen LogP contribution in [0, 0.1) is 11.8 Å². The first-order valence-corrected chi connectivity index (χ1v) is 12.9. The molecule has 2 aromatic carbocycles. The second-order valence-electron chi connectivity index (χ2n) is 9.22. The summed E-state index contributed by atoms with van der Waals surface area (Å²) in [5.74, 6) is 0.496. The second kappa shape index (κ2) is 12.3. The molecule has 4 N–H and O–H groups in total. The Morgan fingerprint density at radius 3 is 2.43 bits per heavy atom. The minimum absolute atomic E-state index is 0.247. The molecule has 0 radical (unpaired) electrons. The van der Waals surface area contributed by atoms with E-state index in [-0.39, 0.29) is 5.97 Å². The molecular weight excluding hydrogens is 462 g/mol. The van der Waals surface area contributed by atoms with Crippen molar-refractivity contribution in [3.8, 4) is 0 Å². The van der Waals surface area contributed by atoms with E-state index in [2.05, 4.69) is 22.8 Å². The van der Waals surface area contributed by atoms with E-state index in [9.17, 15) is 9.59 Å². The van der Waals surface area contributed by atoms with Crippen LogP contribution >= 0.6 is 11.3 Å². The Labute approximate surface area is 209 Å². The van der Waals surface area contributed by atoms with E-state index in [0.29, 0.717) is 16.7 Å². The lowest BCUT2D eigenvalue weighted by atomic mass is 9.81. The smallest absolute Gasteiger partial charge is 0.327 e. The first-order chi connectivity index (χ1) is 17.1. The van der Waals surface area contributed by atoms with Gasteiger partial charge in [0.1, 0.15) is 6.04 Å². The van der Waals surface area contributed by atoms with Gasteiger partial charge in [0, 0.05) is 11.2 Å². The number of esters is 1. The quantitative estimate of drug-likeness (QED) is 0.189. The van der Waals surface area contributed by atoms with Crippen molar-refractivity contribution < 1.29 is 19.5 Å². The van der Waals surface area contributed by atoms with Crippen LogP contribution in [0.4, 0.5) is 0 Å². The van der Waals surface area contributed by atoms with E-state index in [1.54, 1.807) is 11.5 Å². The van der Waals surface area contributed by atoms with Gasteiger partial charge in [0.2, 0.25) is 0 Å². The van der Waals surface area contributed by atoms with Crippen molar-refractivity contribution in [1.29, 1.82) is 0 Å². The van der Waals surface area contributed by atoms with Crippen molar-refractivity contribution in [3.63, 3.8) is 0 Å². The van der Waals surface area contributed by atoms with E-state index >= 15 is 0 Å². The van der Waals surface area contributed by atoms with Gasteiger partial charge in [0.25, 0.3) is 5.91 Å². The number of hydrogen-bond acceptors (Lipinski definition) is 7. The summed E-state index contributed by atoms with van der Waals surface area (Å²) >= 11 is 1.38. The zero-order valence-corrected chi connectivity index (χ0v) is 20.8. The number of amides is 1. The number of thiophene rings is 1. The van der Waals surface area contributed by atoms with E-state index in [4.69, 9.17) is 9.94 Å². The zero-order valence-electron chi connectivity index (χ0n) is 20.0. The summed E-state index contributed by atoms with van der Waals surface area (Å²) in [6, 6.07) is 17.3. The van der Waals surface area contributed by atoms with Gasteiger partial charge in [-0.25, -0.2) is 10.3 Å². The number of hydrogen-bond donors (Lipinski definition) is 4. The standard InChI is InChI=1S/C27H33N3O4S/c1-34-27(32)25(21-5-3-2-4-6-21)29-17-19-9-7-18(8-10-19)15-28-16-20-11-12-22-14-24(26(31)30-33)35-23(22)13-20/h2-6,11-14,18-19,25,28-29,33H,7-10,15-17H2,1H3,(H,30,31)/t18?,19?,25-/m0/s1. The molecule has 186 valence electrons. The highest BCUT2D eigenvalue weighted by molar-refractivity contribution is 7.20. The number of fused-ring (bicyclic) bond motifs is 1. The van der Waals surface area contributed by atoms with Crippen LogP contribution in [0.5, 0.6) is 0 Å². The van der Waals surface area contributed by atoms with E-state index < -0.39 is 11.9 Å². The highest BCUT2D eigenvalue weighted by Gasteiger charge is 2.25. The number of nitrogens with one attached hydrogen (secondary N) is 3. The Morgan fingerprint density at radius 2 is 1.74 bits per heavy atom. The van der Waals surface area contributed by atoms with Crippen LogP contribution in [-0.2, 0) is 16.1 Å². The molecule has 0 aliphatic heterocycles. The first-order valence-electron chi connectivity index (χ1n) is 12.1. The Hall–Kier alpha value is -2.78. The van der Waals surface area contributed by atoms with Gasteiger partial charge in [-0.05, 0) is 79.3 Å². The fraction of sp³-hybridized carbons (Fsp3) is 0.407. The molecule has 35 heavy (non-hydrogen) atoms. The number of ether oxygens (including phenoxy) is 1. The molecule has 8 heteroatoms. The molecule has 1 fully saturated rings. The van der Waals surface area contributed by atoms with Crippen LogP contribution in [0.25, 0.3) is 10.1 Å². The minimum atomic E-state index is -0.474. The van der Waals surface area contributed by atoms with E-state index in [0.717, 1.165) is 48.1 Å². The zero-order chi connectivity index (χ0) is 24.6. The lowest BCUT2D eigenvalue weighted by molar-refractivity contribution is -0.143. The molecule has 0 saturated heterocycles. The highest BCUT2D eigenvalue weighted by atomic mass is 32.1. The largest absolute Gasteiger partial charge is 0.468 e. The maximum atomic E-state index is 12.3. The molecule has 0 bridgehead atoms.